The summed E-state index contributed by atoms with van der Waals surface area (Å²) in [4.78, 5) is 0. The third-order valence-corrected chi connectivity index (χ3v) is 6.96. The molecule has 0 saturated heterocycles. The van der Waals surface area contributed by atoms with Crippen molar-refractivity contribution in [2.24, 2.45) is 17.8 Å². The lowest BCUT2D eigenvalue weighted by molar-refractivity contribution is 0.144. The van der Waals surface area contributed by atoms with Crippen LogP contribution in [0.15, 0.2) is 28.1 Å². The Morgan fingerprint density at radius 3 is 2.68 bits per heavy atom. The van der Waals surface area contributed by atoms with Gasteiger partial charge in [0.25, 0.3) is 0 Å². The normalized spacial score (nSPS) is 31.2. The van der Waals surface area contributed by atoms with E-state index in [4.69, 9.17) is 0 Å². The van der Waals surface area contributed by atoms with Crippen LogP contribution in [0.1, 0.15) is 37.4 Å². The first-order valence-corrected chi connectivity index (χ1v) is 8.78. The van der Waals surface area contributed by atoms with E-state index >= 15 is 0 Å². The molecular formula is C16H17BrOS. The topological polar surface area (TPSA) is 20.2 Å². The average Bonchev–Trinajstić information content (AvgIpc) is 2.99. The Balaban J connectivity index is 1.69. The predicted molar refractivity (Wildman–Crippen MR) is 83.4 cm³/mol. The second-order valence-electron chi connectivity index (χ2n) is 5.94. The van der Waals surface area contributed by atoms with Crippen molar-refractivity contribution in [1.29, 1.82) is 0 Å². The highest BCUT2D eigenvalue weighted by Crippen LogP contribution is 2.61. The van der Waals surface area contributed by atoms with Crippen molar-refractivity contribution in [2.75, 3.05) is 0 Å². The molecule has 2 saturated carbocycles. The van der Waals surface area contributed by atoms with Gasteiger partial charge in [0.1, 0.15) is 0 Å². The molecule has 0 amide bonds. The van der Waals surface area contributed by atoms with E-state index in [1.54, 1.807) is 11.3 Å². The summed E-state index contributed by atoms with van der Waals surface area (Å²) in [6, 6.07) is 6.28. The van der Waals surface area contributed by atoms with Gasteiger partial charge in [0.2, 0.25) is 0 Å². The van der Waals surface area contributed by atoms with Gasteiger partial charge in [-0.2, -0.15) is 0 Å². The average molecular weight is 337 g/mol. The van der Waals surface area contributed by atoms with Gasteiger partial charge in [0.05, 0.1) is 6.10 Å². The molecule has 1 aromatic heterocycles. The Labute approximate surface area is 125 Å². The van der Waals surface area contributed by atoms with E-state index in [9.17, 15) is 5.11 Å². The number of hydrogen-bond acceptors (Lipinski definition) is 2. The molecule has 1 aromatic carbocycles. The van der Waals surface area contributed by atoms with E-state index in [-0.39, 0.29) is 6.10 Å². The third-order valence-electron chi connectivity index (χ3n) is 4.99. The summed E-state index contributed by atoms with van der Waals surface area (Å²) >= 11 is 5.34. The van der Waals surface area contributed by atoms with Crippen LogP contribution in [0.4, 0.5) is 0 Å². The minimum atomic E-state index is -0.254. The molecule has 2 aromatic rings. The minimum absolute atomic E-state index is 0.254. The van der Waals surface area contributed by atoms with Crippen molar-refractivity contribution in [3.63, 3.8) is 0 Å². The third kappa shape index (κ3) is 1.90. The van der Waals surface area contributed by atoms with Gasteiger partial charge in [-0.15, -0.1) is 11.3 Å². The smallest absolute Gasteiger partial charge is 0.0837 e. The Morgan fingerprint density at radius 1 is 1.21 bits per heavy atom. The van der Waals surface area contributed by atoms with Crippen molar-refractivity contribution >= 4 is 37.4 Å². The van der Waals surface area contributed by atoms with Crippen molar-refractivity contribution in [3.05, 3.63) is 33.6 Å². The Kier molecular flexibility index (Phi) is 2.98. The quantitative estimate of drug-likeness (QED) is 0.805. The number of fused-ring (bicyclic) bond motifs is 2. The predicted octanol–water partition coefficient (Wildman–Crippen LogP) is 5.13. The molecule has 19 heavy (non-hydrogen) atoms. The van der Waals surface area contributed by atoms with Gasteiger partial charge in [-0.3, -0.25) is 0 Å². The number of hydrogen-bond donors (Lipinski definition) is 1. The molecule has 0 spiro atoms. The van der Waals surface area contributed by atoms with E-state index in [0.717, 1.165) is 21.9 Å². The molecule has 0 aliphatic heterocycles. The van der Waals surface area contributed by atoms with Crippen molar-refractivity contribution < 1.29 is 5.11 Å². The van der Waals surface area contributed by atoms with Gasteiger partial charge < -0.3 is 5.11 Å². The lowest BCUT2D eigenvalue weighted by Crippen LogP contribution is -2.01. The molecule has 3 heteroatoms. The van der Waals surface area contributed by atoms with Gasteiger partial charge in [0, 0.05) is 9.17 Å². The molecule has 1 N–H and O–H groups in total. The molecule has 3 atom stereocenters. The van der Waals surface area contributed by atoms with E-state index < -0.39 is 0 Å². The van der Waals surface area contributed by atoms with E-state index in [0.29, 0.717) is 5.92 Å². The first-order valence-electron chi connectivity index (χ1n) is 7.11. The molecule has 2 aliphatic carbocycles. The molecule has 4 rings (SSSR count). The summed E-state index contributed by atoms with van der Waals surface area (Å²) in [6.45, 7) is 0. The van der Waals surface area contributed by atoms with Crippen LogP contribution >= 0.6 is 27.3 Å². The van der Waals surface area contributed by atoms with E-state index in [1.807, 2.05) is 0 Å². The lowest BCUT2D eigenvalue weighted by atomic mass is 10.0. The highest BCUT2D eigenvalue weighted by molar-refractivity contribution is 9.10. The highest BCUT2D eigenvalue weighted by Gasteiger charge is 2.54. The zero-order valence-corrected chi connectivity index (χ0v) is 13.1. The number of halogens is 1. The second-order valence-corrected chi connectivity index (χ2v) is 7.68. The maximum atomic E-state index is 10.8. The summed E-state index contributed by atoms with van der Waals surface area (Å²) in [7, 11) is 0. The number of benzene rings is 1. The number of rotatable bonds is 2. The van der Waals surface area contributed by atoms with Gasteiger partial charge in [-0.25, -0.2) is 0 Å². The highest BCUT2D eigenvalue weighted by atomic mass is 79.9. The molecule has 3 unspecified atom stereocenters. The number of aliphatic hydroxyl groups is 1. The number of aliphatic hydroxyl groups excluding tert-OH is 1. The van der Waals surface area contributed by atoms with Crippen LogP contribution in [0.2, 0.25) is 0 Å². The van der Waals surface area contributed by atoms with Crippen LogP contribution in [0.25, 0.3) is 10.1 Å². The zero-order valence-electron chi connectivity index (χ0n) is 10.7. The standard InChI is InChI=1S/C16H17BrOS/c17-13-7-3-6-11-12(8-19-16(11)13)15(18)14-9-4-1-2-5-10(9)14/h3,6-10,14-15,18H,1-2,4-5H2. The fraction of sp³-hybridized carbons (Fsp3) is 0.500. The van der Waals surface area contributed by atoms with Crippen LogP contribution in [0.3, 0.4) is 0 Å². The van der Waals surface area contributed by atoms with Crippen LogP contribution in [0, 0.1) is 17.8 Å². The molecule has 2 aliphatic rings. The van der Waals surface area contributed by atoms with E-state index in [1.165, 1.54) is 35.8 Å². The summed E-state index contributed by atoms with van der Waals surface area (Å²) in [5.41, 5.74) is 1.15. The molecule has 0 bridgehead atoms. The summed E-state index contributed by atoms with van der Waals surface area (Å²) in [6.07, 6.45) is 5.13. The first-order chi connectivity index (χ1) is 9.27. The Morgan fingerprint density at radius 2 is 1.95 bits per heavy atom. The van der Waals surface area contributed by atoms with Crippen LogP contribution < -0.4 is 0 Å². The largest absolute Gasteiger partial charge is 0.388 e. The van der Waals surface area contributed by atoms with Gasteiger partial charge in [-0.1, -0.05) is 25.0 Å². The maximum Gasteiger partial charge on any atom is 0.0837 e. The maximum absolute atomic E-state index is 10.8. The summed E-state index contributed by atoms with van der Waals surface area (Å²) in [5, 5.41) is 14.1. The summed E-state index contributed by atoms with van der Waals surface area (Å²) in [5.74, 6) is 2.12. The van der Waals surface area contributed by atoms with E-state index in [2.05, 4.69) is 39.5 Å². The molecule has 1 nitrogen and oxygen atoms in total. The lowest BCUT2D eigenvalue weighted by Gasteiger charge is -2.09. The Bertz CT molecular complexity index is 608. The van der Waals surface area contributed by atoms with Crippen LogP contribution in [-0.4, -0.2) is 5.11 Å². The van der Waals surface area contributed by atoms with Crippen molar-refractivity contribution in [2.45, 2.75) is 31.8 Å². The zero-order chi connectivity index (χ0) is 13.0. The Hall–Kier alpha value is -0.380. The fourth-order valence-corrected chi connectivity index (χ4v) is 5.65. The summed E-state index contributed by atoms with van der Waals surface area (Å²) < 4.78 is 2.40. The molecule has 0 radical (unpaired) electrons. The fourth-order valence-electron chi connectivity index (χ4n) is 3.99. The minimum Gasteiger partial charge on any atom is -0.388 e. The van der Waals surface area contributed by atoms with Crippen LogP contribution in [-0.2, 0) is 0 Å². The molecule has 1 heterocycles. The molecule has 100 valence electrons. The van der Waals surface area contributed by atoms with Gasteiger partial charge >= 0.3 is 0 Å². The van der Waals surface area contributed by atoms with Crippen molar-refractivity contribution in [3.8, 4) is 0 Å². The van der Waals surface area contributed by atoms with Gasteiger partial charge in [-0.05, 0) is 68.9 Å². The number of thiophene rings is 1. The second kappa shape index (κ2) is 4.57. The SMILES string of the molecule is OC(c1csc2c(Br)cccc12)C1C2CCCCC21. The monoisotopic (exact) mass is 336 g/mol. The van der Waals surface area contributed by atoms with Crippen molar-refractivity contribution in [1.82, 2.24) is 0 Å². The van der Waals surface area contributed by atoms with Crippen LogP contribution in [0.5, 0.6) is 0 Å². The molecular weight excluding hydrogens is 320 g/mol. The molecule has 2 fully saturated rings. The van der Waals surface area contributed by atoms with Gasteiger partial charge in [0.15, 0.2) is 0 Å². The first kappa shape index (κ1) is 12.4.